The van der Waals surface area contributed by atoms with E-state index < -0.39 is 0 Å². The molecule has 0 amide bonds. The van der Waals surface area contributed by atoms with Gasteiger partial charge in [-0.25, -0.2) is 5.01 Å². The van der Waals surface area contributed by atoms with Crippen LogP contribution in [0, 0.1) is 0 Å². The Morgan fingerprint density at radius 3 is 2.48 bits per heavy atom. The van der Waals surface area contributed by atoms with Crippen molar-refractivity contribution >= 4 is 23.0 Å². The molecule has 5 heteroatoms. The van der Waals surface area contributed by atoms with Crippen LogP contribution in [0.4, 0.5) is 0 Å². The molecule has 4 nitrogen and oxygen atoms in total. The Morgan fingerprint density at radius 1 is 1.14 bits per heavy atom. The van der Waals surface area contributed by atoms with E-state index in [4.69, 9.17) is 18.0 Å². The van der Waals surface area contributed by atoms with Crippen molar-refractivity contribution < 1.29 is 5.11 Å². The van der Waals surface area contributed by atoms with Crippen LogP contribution in [-0.2, 0) is 0 Å². The topological polar surface area (TPSA) is 61.8 Å². The van der Waals surface area contributed by atoms with Gasteiger partial charge in [0.05, 0.1) is 11.8 Å². The van der Waals surface area contributed by atoms with Crippen LogP contribution in [-0.4, -0.2) is 20.9 Å². The molecule has 0 aromatic heterocycles. The van der Waals surface area contributed by atoms with Gasteiger partial charge in [0.25, 0.3) is 0 Å². The van der Waals surface area contributed by atoms with E-state index in [1.54, 1.807) is 17.1 Å². The summed E-state index contributed by atoms with van der Waals surface area (Å²) < 4.78 is 0. The maximum absolute atomic E-state index is 10.1. The standard InChI is InChI=1S/C16H15N3OS/c17-16(21)19-14(12-8-4-5-9-15(12)20)10-13(18-19)11-6-2-1-3-7-11/h1-9,14,20H,10H2,(H2,17,21). The highest BCUT2D eigenvalue weighted by molar-refractivity contribution is 7.80. The maximum atomic E-state index is 10.1. The van der Waals surface area contributed by atoms with Crippen molar-refractivity contribution in [1.29, 1.82) is 0 Å². The number of phenolic OH excluding ortho intramolecular Hbond substituents is 1. The van der Waals surface area contributed by atoms with E-state index in [2.05, 4.69) is 5.10 Å². The van der Waals surface area contributed by atoms with Crippen molar-refractivity contribution in [3.8, 4) is 5.75 Å². The fraction of sp³-hybridized carbons (Fsp3) is 0.125. The normalized spacial score (nSPS) is 17.6. The highest BCUT2D eigenvalue weighted by Crippen LogP contribution is 2.36. The van der Waals surface area contributed by atoms with E-state index in [9.17, 15) is 5.11 Å². The minimum Gasteiger partial charge on any atom is -0.508 e. The predicted molar refractivity (Wildman–Crippen MR) is 87.1 cm³/mol. The third kappa shape index (κ3) is 2.60. The largest absolute Gasteiger partial charge is 0.508 e. The number of hydrogen-bond acceptors (Lipinski definition) is 3. The summed E-state index contributed by atoms with van der Waals surface area (Å²) in [5.41, 5.74) is 8.51. The lowest BCUT2D eigenvalue weighted by Gasteiger charge is -2.22. The molecule has 106 valence electrons. The molecule has 0 spiro atoms. The monoisotopic (exact) mass is 297 g/mol. The summed E-state index contributed by atoms with van der Waals surface area (Å²) >= 11 is 5.09. The summed E-state index contributed by atoms with van der Waals surface area (Å²) in [4.78, 5) is 0. The Balaban J connectivity index is 1.98. The molecule has 2 aromatic carbocycles. The van der Waals surface area contributed by atoms with Gasteiger partial charge in [-0.2, -0.15) is 5.10 Å². The average Bonchev–Trinajstić information content (AvgIpc) is 2.94. The second kappa shape index (κ2) is 5.54. The average molecular weight is 297 g/mol. The number of hydrazone groups is 1. The third-order valence-corrected chi connectivity index (χ3v) is 3.73. The molecule has 1 aliphatic heterocycles. The van der Waals surface area contributed by atoms with E-state index in [0.717, 1.165) is 16.8 Å². The first kappa shape index (κ1) is 13.6. The van der Waals surface area contributed by atoms with E-state index in [1.807, 2.05) is 42.5 Å². The van der Waals surface area contributed by atoms with Gasteiger partial charge < -0.3 is 10.8 Å². The van der Waals surface area contributed by atoms with Gasteiger partial charge in [0.1, 0.15) is 5.75 Å². The zero-order chi connectivity index (χ0) is 14.8. The molecule has 21 heavy (non-hydrogen) atoms. The van der Waals surface area contributed by atoms with Crippen molar-refractivity contribution in [2.75, 3.05) is 0 Å². The summed E-state index contributed by atoms with van der Waals surface area (Å²) in [6.45, 7) is 0. The van der Waals surface area contributed by atoms with Crippen LogP contribution in [0.25, 0.3) is 0 Å². The Hall–Kier alpha value is -2.40. The van der Waals surface area contributed by atoms with E-state index >= 15 is 0 Å². The van der Waals surface area contributed by atoms with E-state index in [1.165, 1.54) is 0 Å². The van der Waals surface area contributed by atoms with E-state index in [-0.39, 0.29) is 16.9 Å². The third-order valence-electron chi connectivity index (χ3n) is 3.54. The van der Waals surface area contributed by atoms with Crippen molar-refractivity contribution in [2.24, 2.45) is 10.8 Å². The summed E-state index contributed by atoms with van der Waals surface area (Å²) in [5, 5.41) is 16.4. The van der Waals surface area contributed by atoms with Crippen molar-refractivity contribution in [3.63, 3.8) is 0 Å². The fourth-order valence-electron chi connectivity index (χ4n) is 2.53. The summed E-state index contributed by atoms with van der Waals surface area (Å²) in [6.07, 6.45) is 0.652. The Bertz CT molecular complexity index is 700. The summed E-state index contributed by atoms with van der Waals surface area (Å²) in [7, 11) is 0. The Kier molecular flexibility index (Phi) is 3.58. The molecule has 1 aliphatic rings. The van der Waals surface area contributed by atoms with Crippen LogP contribution in [0.1, 0.15) is 23.6 Å². The molecule has 2 aromatic rings. The molecule has 0 saturated carbocycles. The SMILES string of the molecule is NC(=S)N1N=C(c2ccccc2)CC1c1ccccc1O. The Labute approximate surface area is 128 Å². The molecule has 0 aliphatic carbocycles. The minimum absolute atomic E-state index is 0.168. The van der Waals surface area contributed by atoms with Crippen LogP contribution >= 0.6 is 12.2 Å². The van der Waals surface area contributed by atoms with Gasteiger partial charge in [-0.15, -0.1) is 0 Å². The first-order valence-corrected chi connectivity index (χ1v) is 7.07. The van der Waals surface area contributed by atoms with Gasteiger partial charge in [-0.3, -0.25) is 0 Å². The number of para-hydroxylation sites is 1. The van der Waals surface area contributed by atoms with Crippen molar-refractivity contribution in [2.45, 2.75) is 12.5 Å². The smallest absolute Gasteiger partial charge is 0.187 e. The highest BCUT2D eigenvalue weighted by Gasteiger charge is 2.31. The van der Waals surface area contributed by atoms with Crippen LogP contribution in [0.2, 0.25) is 0 Å². The first-order valence-electron chi connectivity index (χ1n) is 6.66. The lowest BCUT2D eigenvalue weighted by Crippen LogP contribution is -2.31. The molecule has 1 heterocycles. The molecule has 0 bridgehead atoms. The minimum atomic E-state index is -0.168. The maximum Gasteiger partial charge on any atom is 0.187 e. The molecule has 3 rings (SSSR count). The van der Waals surface area contributed by atoms with Crippen LogP contribution in [0.3, 0.4) is 0 Å². The zero-order valence-electron chi connectivity index (χ0n) is 11.3. The number of aromatic hydroxyl groups is 1. The molecule has 1 atom stereocenters. The van der Waals surface area contributed by atoms with Crippen LogP contribution in [0.5, 0.6) is 5.75 Å². The number of nitrogens with two attached hydrogens (primary N) is 1. The molecule has 0 saturated heterocycles. The van der Waals surface area contributed by atoms with Crippen molar-refractivity contribution in [3.05, 3.63) is 65.7 Å². The lowest BCUT2D eigenvalue weighted by molar-refractivity contribution is 0.357. The number of hydrogen-bond donors (Lipinski definition) is 2. The van der Waals surface area contributed by atoms with Gasteiger partial charge in [-0.1, -0.05) is 48.5 Å². The van der Waals surface area contributed by atoms with Crippen molar-refractivity contribution in [1.82, 2.24) is 5.01 Å². The van der Waals surface area contributed by atoms with E-state index in [0.29, 0.717) is 6.42 Å². The number of nitrogens with zero attached hydrogens (tertiary/aromatic N) is 2. The van der Waals surface area contributed by atoms with Gasteiger partial charge in [0, 0.05) is 12.0 Å². The van der Waals surface area contributed by atoms with Crippen LogP contribution in [0.15, 0.2) is 59.7 Å². The molecule has 1 unspecified atom stereocenters. The van der Waals surface area contributed by atoms with Gasteiger partial charge in [0.15, 0.2) is 5.11 Å². The molecular formula is C16H15N3OS. The van der Waals surface area contributed by atoms with Gasteiger partial charge >= 0.3 is 0 Å². The summed E-state index contributed by atoms with van der Waals surface area (Å²) in [5.74, 6) is 0.230. The molecule has 3 N–H and O–H groups in total. The van der Waals surface area contributed by atoms with Gasteiger partial charge in [-0.05, 0) is 23.8 Å². The first-order chi connectivity index (χ1) is 10.2. The zero-order valence-corrected chi connectivity index (χ0v) is 12.1. The molecular weight excluding hydrogens is 282 g/mol. The second-order valence-corrected chi connectivity index (χ2v) is 5.29. The second-order valence-electron chi connectivity index (χ2n) is 4.87. The highest BCUT2D eigenvalue weighted by atomic mass is 32.1. The van der Waals surface area contributed by atoms with Gasteiger partial charge in [0.2, 0.25) is 0 Å². The molecule has 0 fully saturated rings. The number of thiocarbonyl (C=S) groups is 1. The predicted octanol–water partition coefficient (Wildman–Crippen LogP) is 2.79. The van der Waals surface area contributed by atoms with Crippen LogP contribution < -0.4 is 5.73 Å². The quantitative estimate of drug-likeness (QED) is 0.837. The summed E-state index contributed by atoms with van der Waals surface area (Å²) in [6, 6.07) is 16.9. The fourth-order valence-corrected chi connectivity index (χ4v) is 2.70. The number of benzene rings is 2. The molecule has 0 radical (unpaired) electrons. The lowest BCUT2D eigenvalue weighted by atomic mass is 9.98. The number of phenols is 1. The number of rotatable bonds is 2. The Morgan fingerprint density at radius 2 is 1.81 bits per heavy atom.